The third-order valence-corrected chi connectivity index (χ3v) is 3.00. The van der Waals surface area contributed by atoms with Crippen LogP contribution in [0.1, 0.15) is 31.9 Å². The molecule has 0 bridgehead atoms. The highest BCUT2D eigenvalue weighted by Gasteiger charge is 2.22. The van der Waals surface area contributed by atoms with Crippen LogP contribution in [0.2, 0.25) is 0 Å². The molecule has 1 aromatic rings. The van der Waals surface area contributed by atoms with Gasteiger partial charge in [-0.25, -0.2) is 0 Å². The molecule has 1 aliphatic heterocycles. The van der Waals surface area contributed by atoms with E-state index in [9.17, 15) is 4.79 Å². The number of carbonyl (C=O) groups is 1. The van der Waals surface area contributed by atoms with Crippen LogP contribution in [0.25, 0.3) is 0 Å². The molecule has 1 heterocycles. The Balaban J connectivity index is 2.13. The summed E-state index contributed by atoms with van der Waals surface area (Å²) in [6.45, 7) is 3.54. The highest BCUT2D eigenvalue weighted by Crippen LogP contribution is 2.33. The zero-order valence-corrected chi connectivity index (χ0v) is 11.0. The molecule has 0 aromatic heterocycles. The molecule has 2 rings (SSSR count). The van der Waals surface area contributed by atoms with Crippen LogP contribution < -0.4 is 5.32 Å². The van der Waals surface area contributed by atoms with Crippen molar-refractivity contribution in [3.05, 3.63) is 41.7 Å². The Labute approximate surface area is 112 Å². The summed E-state index contributed by atoms with van der Waals surface area (Å²) in [4.78, 5) is 10.9. The number of allylic oxidation sites excluding steroid dienone is 2. The molecule has 2 atom stereocenters. The summed E-state index contributed by atoms with van der Waals surface area (Å²) in [6.07, 6.45) is 2.60. The summed E-state index contributed by atoms with van der Waals surface area (Å²) in [5, 5.41) is 11.6. The largest absolute Gasteiger partial charge is 0.476 e. The fourth-order valence-electron chi connectivity index (χ4n) is 2.16. The van der Waals surface area contributed by atoms with E-state index < -0.39 is 0 Å². The standard InChI is InChI=1S/C15H16N2O2/c1-10-7-14(9-16)19-15(8-10)12-3-5-13(6-4-12)17-11(2)18/h3-7,10,15H,8H2,1-2H3,(H,17,18). The minimum atomic E-state index is -0.0963. The van der Waals surface area contributed by atoms with Crippen LogP contribution in [0.5, 0.6) is 0 Å². The Bertz CT molecular complexity index is 540. The van der Waals surface area contributed by atoms with Crippen molar-refractivity contribution in [2.45, 2.75) is 26.4 Å². The van der Waals surface area contributed by atoms with Crippen LogP contribution >= 0.6 is 0 Å². The molecular formula is C15H16N2O2. The van der Waals surface area contributed by atoms with Gasteiger partial charge in [-0.15, -0.1) is 0 Å². The van der Waals surface area contributed by atoms with Gasteiger partial charge < -0.3 is 10.1 Å². The Morgan fingerprint density at radius 3 is 2.68 bits per heavy atom. The predicted octanol–water partition coefficient (Wildman–Crippen LogP) is 3.15. The normalized spacial score (nSPS) is 21.8. The molecular weight excluding hydrogens is 240 g/mol. The van der Waals surface area contributed by atoms with Gasteiger partial charge in [0.1, 0.15) is 12.2 Å². The van der Waals surface area contributed by atoms with Crippen molar-refractivity contribution >= 4 is 11.6 Å². The van der Waals surface area contributed by atoms with E-state index in [4.69, 9.17) is 10.00 Å². The quantitative estimate of drug-likeness (QED) is 0.884. The lowest BCUT2D eigenvalue weighted by Gasteiger charge is -2.25. The second kappa shape index (κ2) is 5.57. The maximum atomic E-state index is 10.9. The average Bonchev–Trinajstić information content (AvgIpc) is 2.38. The highest BCUT2D eigenvalue weighted by atomic mass is 16.5. The number of benzene rings is 1. The second-order valence-corrected chi connectivity index (χ2v) is 4.77. The zero-order chi connectivity index (χ0) is 13.8. The minimum absolute atomic E-state index is 0.0926. The topological polar surface area (TPSA) is 62.1 Å². The first-order chi connectivity index (χ1) is 9.08. The van der Waals surface area contributed by atoms with E-state index in [1.807, 2.05) is 30.3 Å². The van der Waals surface area contributed by atoms with Crippen molar-refractivity contribution in [1.29, 1.82) is 5.26 Å². The predicted molar refractivity (Wildman–Crippen MR) is 72.0 cm³/mol. The lowest BCUT2D eigenvalue weighted by molar-refractivity contribution is -0.114. The molecule has 0 radical (unpaired) electrons. The summed E-state index contributed by atoms with van der Waals surface area (Å²) in [5.41, 5.74) is 1.78. The van der Waals surface area contributed by atoms with E-state index in [1.54, 1.807) is 0 Å². The van der Waals surface area contributed by atoms with Crippen LogP contribution in [0.3, 0.4) is 0 Å². The number of ether oxygens (including phenoxy) is 1. The van der Waals surface area contributed by atoms with Crippen molar-refractivity contribution in [3.63, 3.8) is 0 Å². The summed E-state index contributed by atoms with van der Waals surface area (Å²) in [7, 11) is 0. The van der Waals surface area contributed by atoms with Crippen molar-refractivity contribution < 1.29 is 9.53 Å². The van der Waals surface area contributed by atoms with Crippen molar-refractivity contribution in [1.82, 2.24) is 0 Å². The van der Waals surface area contributed by atoms with Crippen LogP contribution in [0.15, 0.2) is 36.1 Å². The lowest BCUT2D eigenvalue weighted by Crippen LogP contribution is -2.13. The third-order valence-electron chi connectivity index (χ3n) is 3.00. The maximum Gasteiger partial charge on any atom is 0.221 e. The molecule has 0 fully saturated rings. The second-order valence-electron chi connectivity index (χ2n) is 4.77. The van der Waals surface area contributed by atoms with Gasteiger partial charge in [0, 0.05) is 12.6 Å². The first-order valence-corrected chi connectivity index (χ1v) is 6.24. The summed E-state index contributed by atoms with van der Waals surface area (Å²) in [6, 6.07) is 9.58. The van der Waals surface area contributed by atoms with Crippen LogP contribution in [-0.4, -0.2) is 5.91 Å². The Kier molecular flexibility index (Phi) is 3.86. The maximum absolute atomic E-state index is 10.9. The number of anilines is 1. The Hall–Kier alpha value is -2.28. The third kappa shape index (κ3) is 3.35. The van der Waals surface area contributed by atoms with Gasteiger partial charge in [-0.3, -0.25) is 4.79 Å². The molecule has 1 N–H and O–H groups in total. The van der Waals surface area contributed by atoms with Crippen LogP contribution in [0.4, 0.5) is 5.69 Å². The molecule has 0 saturated heterocycles. The van der Waals surface area contributed by atoms with E-state index in [1.165, 1.54) is 6.92 Å². The molecule has 19 heavy (non-hydrogen) atoms. The van der Waals surface area contributed by atoms with Gasteiger partial charge in [0.25, 0.3) is 0 Å². The number of nitrogens with zero attached hydrogens (tertiary/aromatic N) is 1. The van der Waals surface area contributed by atoms with E-state index in [-0.39, 0.29) is 12.0 Å². The minimum Gasteiger partial charge on any atom is -0.476 e. The van der Waals surface area contributed by atoms with Crippen LogP contribution in [0, 0.1) is 17.2 Å². The molecule has 1 aromatic carbocycles. The monoisotopic (exact) mass is 256 g/mol. The molecule has 4 nitrogen and oxygen atoms in total. The van der Waals surface area contributed by atoms with Gasteiger partial charge in [0.2, 0.25) is 5.91 Å². The summed E-state index contributed by atoms with van der Waals surface area (Å²) >= 11 is 0. The smallest absolute Gasteiger partial charge is 0.221 e. The fourth-order valence-corrected chi connectivity index (χ4v) is 2.16. The Morgan fingerprint density at radius 1 is 1.42 bits per heavy atom. The van der Waals surface area contributed by atoms with Crippen LogP contribution in [-0.2, 0) is 9.53 Å². The van der Waals surface area contributed by atoms with Gasteiger partial charge in [-0.2, -0.15) is 5.26 Å². The highest BCUT2D eigenvalue weighted by molar-refractivity contribution is 5.88. The summed E-state index contributed by atoms with van der Waals surface area (Å²) < 4.78 is 5.63. The van der Waals surface area contributed by atoms with Gasteiger partial charge in [0.15, 0.2) is 5.76 Å². The van der Waals surface area contributed by atoms with Crippen molar-refractivity contribution in [3.8, 4) is 6.07 Å². The van der Waals surface area contributed by atoms with Crippen molar-refractivity contribution in [2.24, 2.45) is 5.92 Å². The number of rotatable bonds is 2. The number of amides is 1. The van der Waals surface area contributed by atoms with E-state index >= 15 is 0 Å². The molecule has 1 aliphatic rings. The SMILES string of the molecule is CC(=O)Nc1ccc(C2CC(C)C=C(C#N)O2)cc1. The Morgan fingerprint density at radius 2 is 2.11 bits per heavy atom. The van der Waals surface area contributed by atoms with E-state index in [0.29, 0.717) is 11.7 Å². The number of nitrogens with one attached hydrogen (secondary N) is 1. The van der Waals surface area contributed by atoms with Gasteiger partial charge in [-0.05, 0) is 36.1 Å². The molecule has 1 amide bonds. The molecule has 0 spiro atoms. The molecule has 0 aliphatic carbocycles. The van der Waals surface area contributed by atoms with E-state index in [0.717, 1.165) is 17.7 Å². The zero-order valence-electron chi connectivity index (χ0n) is 11.0. The molecule has 0 saturated carbocycles. The number of hydrogen-bond acceptors (Lipinski definition) is 3. The summed E-state index contributed by atoms with van der Waals surface area (Å²) in [5.74, 6) is 0.614. The van der Waals surface area contributed by atoms with E-state index in [2.05, 4.69) is 18.3 Å². The number of nitriles is 1. The number of hydrogen-bond donors (Lipinski definition) is 1. The molecule has 98 valence electrons. The van der Waals surface area contributed by atoms with Gasteiger partial charge in [0.05, 0.1) is 0 Å². The first-order valence-electron chi connectivity index (χ1n) is 6.24. The number of carbonyl (C=O) groups excluding carboxylic acids is 1. The van der Waals surface area contributed by atoms with Crippen molar-refractivity contribution in [2.75, 3.05) is 5.32 Å². The molecule has 4 heteroatoms. The lowest BCUT2D eigenvalue weighted by atomic mass is 9.95. The first kappa shape index (κ1) is 13.2. The average molecular weight is 256 g/mol. The molecule has 2 unspecified atom stereocenters. The van der Waals surface area contributed by atoms with Gasteiger partial charge >= 0.3 is 0 Å². The van der Waals surface area contributed by atoms with Gasteiger partial charge in [-0.1, -0.05) is 19.1 Å². The fraction of sp³-hybridized carbons (Fsp3) is 0.333.